The Hall–Kier alpha value is -1.16. The first-order valence-electron chi connectivity index (χ1n) is 6.74. The molecule has 92 valence electrons. The number of rotatable bonds is 1. The maximum absolute atomic E-state index is 4.39. The second-order valence-electron chi connectivity index (χ2n) is 5.00. The SMILES string of the molecule is c1c(N2CCCCCC2)nnc2c1CCNC2. The fourth-order valence-electron chi connectivity index (χ4n) is 2.69. The highest BCUT2D eigenvalue weighted by molar-refractivity contribution is 5.42. The van der Waals surface area contributed by atoms with Gasteiger partial charge in [-0.2, -0.15) is 5.10 Å². The number of aromatic nitrogens is 2. The zero-order valence-corrected chi connectivity index (χ0v) is 10.3. The molecule has 0 aliphatic carbocycles. The number of fused-ring (bicyclic) bond motifs is 1. The normalized spacial score (nSPS) is 20.8. The highest BCUT2D eigenvalue weighted by Gasteiger charge is 2.16. The monoisotopic (exact) mass is 232 g/mol. The number of nitrogens with one attached hydrogen (secondary N) is 1. The Morgan fingerprint density at radius 1 is 1.06 bits per heavy atom. The van der Waals surface area contributed by atoms with Gasteiger partial charge in [-0.1, -0.05) is 12.8 Å². The maximum atomic E-state index is 4.39. The van der Waals surface area contributed by atoms with E-state index in [9.17, 15) is 0 Å². The van der Waals surface area contributed by atoms with Gasteiger partial charge in [0.05, 0.1) is 5.69 Å². The lowest BCUT2D eigenvalue weighted by molar-refractivity contribution is 0.613. The molecule has 1 saturated heterocycles. The number of nitrogens with zero attached hydrogens (tertiary/aromatic N) is 3. The Labute approximate surface area is 102 Å². The molecule has 2 aliphatic heterocycles. The van der Waals surface area contributed by atoms with E-state index in [0.717, 1.165) is 44.1 Å². The predicted molar refractivity (Wildman–Crippen MR) is 68.1 cm³/mol. The van der Waals surface area contributed by atoms with Crippen molar-refractivity contribution in [2.24, 2.45) is 0 Å². The van der Waals surface area contributed by atoms with Crippen LogP contribution in [0.25, 0.3) is 0 Å². The van der Waals surface area contributed by atoms with Gasteiger partial charge in [0.15, 0.2) is 5.82 Å². The van der Waals surface area contributed by atoms with Crippen molar-refractivity contribution < 1.29 is 0 Å². The summed E-state index contributed by atoms with van der Waals surface area (Å²) >= 11 is 0. The minimum atomic E-state index is 0.878. The van der Waals surface area contributed by atoms with E-state index in [1.54, 1.807) is 0 Å². The summed E-state index contributed by atoms with van der Waals surface area (Å²) in [5.74, 6) is 1.09. The number of anilines is 1. The van der Waals surface area contributed by atoms with Crippen LogP contribution in [-0.2, 0) is 13.0 Å². The Morgan fingerprint density at radius 3 is 2.71 bits per heavy atom. The summed E-state index contributed by atoms with van der Waals surface area (Å²) < 4.78 is 0. The Bertz CT molecular complexity index is 383. The second-order valence-corrected chi connectivity index (χ2v) is 5.00. The third kappa shape index (κ3) is 2.41. The van der Waals surface area contributed by atoms with Crippen LogP contribution >= 0.6 is 0 Å². The molecule has 3 heterocycles. The highest BCUT2D eigenvalue weighted by atomic mass is 15.3. The molecule has 0 aromatic carbocycles. The van der Waals surface area contributed by atoms with Crippen LogP contribution in [0.1, 0.15) is 36.9 Å². The first kappa shape index (κ1) is 11.0. The van der Waals surface area contributed by atoms with Crippen LogP contribution in [0.2, 0.25) is 0 Å². The first-order valence-corrected chi connectivity index (χ1v) is 6.74. The zero-order valence-electron chi connectivity index (χ0n) is 10.3. The molecule has 0 atom stereocenters. The summed E-state index contributed by atoms with van der Waals surface area (Å²) in [6.45, 7) is 4.23. The van der Waals surface area contributed by atoms with Crippen molar-refractivity contribution >= 4 is 5.82 Å². The summed E-state index contributed by atoms with van der Waals surface area (Å²) in [7, 11) is 0. The maximum Gasteiger partial charge on any atom is 0.151 e. The molecule has 0 saturated carbocycles. The lowest BCUT2D eigenvalue weighted by Gasteiger charge is -2.23. The highest BCUT2D eigenvalue weighted by Crippen LogP contribution is 2.20. The van der Waals surface area contributed by atoms with E-state index >= 15 is 0 Å². The summed E-state index contributed by atoms with van der Waals surface area (Å²) in [6, 6.07) is 2.26. The molecule has 4 nitrogen and oxygen atoms in total. The van der Waals surface area contributed by atoms with Crippen molar-refractivity contribution in [1.29, 1.82) is 0 Å². The average Bonchev–Trinajstić information content (AvgIpc) is 2.67. The van der Waals surface area contributed by atoms with Crippen molar-refractivity contribution in [2.75, 3.05) is 24.5 Å². The molecule has 1 fully saturated rings. The van der Waals surface area contributed by atoms with Crippen molar-refractivity contribution in [1.82, 2.24) is 15.5 Å². The van der Waals surface area contributed by atoms with Crippen LogP contribution < -0.4 is 10.2 Å². The largest absolute Gasteiger partial charge is 0.355 e. The minimum Gasteiger partial charge on any atom is -0.355 e. The predicted octanol–water partition coefficient (Wildman–Crippen LogP) is 1.50. The molecule has 1 aromatic heterocycles. The molecule has 0 amide bonds. The van der Waals surface area contributed by atoms with Crippen LogP contribution in [0.15, 0.2) is 6.07 Å². The van der Waals surface area contributed by atoms with Crippen LogP contribution in [0.4, 0.5) is 5.82 Å². The van der Waals surface area contributed by atoms with Gasteiger partial charge in [0, 0.05) is 19.6 Å². The van der Waals surface area contributed by atoms with Gasteiger partial charge >= 0.3 is 0 Å². The van der Waals surface area contributed by atoms with Crippen molar-refractivity contribution in [3.05, 3.63) is 17.3 Å². The third-order valence-corrected chi connectivity index (χ3v) is 3.74. The molecule has 2 aliphatic rings. The quantitative estimate of drug-likeness (QED) is 0.796. The van der Waals surface area contributed by atoms with Gasteiger partial charge in [0.1, 0.15) is 0 Å². The molecular weight excluding hydrogens is 212 g/mol. The standard InChI is InChI=1S/C13H20N4/c1-2-4-8-17(7-3-1)13-9-11-5-6-14-10-12(11)15-16-13/h9,14H,1-8,10H2. The summed E-state index contributed by atoms with van der Waals surface area (Å²) in [6.07, 6.45) is 6.39. The van der Waals surface area contributed by atoms with Crippen molar-refractivity contribution in [2.45, 2.75) is 38.6 Å². The molecule has 0 bridgehead atoms. The van der Waals surface area contributed by atoms with Crippen LogP contribution in [0.5, 0.6) is 0 Å². The second kappa shape index (κ2) is 5.00. The van der Waals surface area contributed by atoms with Crippen molar-refractivity contribution in [3.8, 4) is 0 Å². The molecule has 1 N–H and O–H groups in total. The zero-order chi connectivity index (χ0) is 11.5. The van der Waals surface area contributed by atoms with Crippen LogP contribution in [-0.4, -0.2) is 29.8 Å². The van der Waals surface area contributed by atoms with E-state index in [-0.39, 0.29) is 0 Å². The fraction of sp³-hybridized carbons (Fsp3) is 0.692. The van der Waals surface area contributed by atoms with Gasteiger partial charge in [-0.3, -0.25) is 0 Å². The van der Waals surface area contributed by atoms with Gasteiger partial charge in [-0.25, -0.2) is 0 Å². The van der Waals surface area contributed by atoms with Gasteiger partial charge in [0.25, 0.3) is 0 Å². The summed E-state index contributed by atoms with van der Waals surface area (Å²) in [5, 5.41) is 12.1. The molecule has 17 heavy (non-hydrogen) atoms. The molecule has 4 heteroatoms. The topological polar surface area (TPSA) is 41.1 Å². The van der Waals surface area contributed by atoms with E-state index in [1.165, 1.54) is 31.2 Å². The van der Waals surface area contributed by atoms with E-state index < -0.39 is 0 Å². The molecular formula is C13H20N4. The minimum absolute atomic E-state index is 0.878. The lowest BCUT2D eigenvalue weighted by Crippen LogP contribution is -2.28. The van der Waals surface area contributed by atoms with Crippen molar-refractivity contribution in [3.63, 3.8) is 0 Å². The molecule has 0 radical (unpaired) electrons. The summed E-state index contributed by atoms with van der Waals surface area (Å²) in [4.78, 5) is 2.41. The average molecular weight is 232 g/mol. The lowest BCUT2D eigenvalue weighted by atomic mass is 10.1. The van der Waals surface area contributed by atoms with E-state index in [2.05, 4.69) is 26.5 Å². The third-order valence-electron chi connectivity index (χ3n) is 3.74. The van der Waals surface area contributed by atoms with E-state index in [4.69, 9.17) is 0 Å². The van der Waals surface area contributed by atoms with Gasteiger partial charge in [0.2, 0.25) is 0 Å². The molecule has 0 unspecified atom stereocenters. The first-order chi connectivity index (χ1) is 8.43. The fourth-order valence-corrected chi connectivity index (χ4v) is 2.69. The van der Waals surface area contributed by atoms with E-state index in [1.807, 2.05) is 0 Å². The molecule has 3 rings (SSSR count). The van der Waals surface area contributed by atoms with Crippen LogP contribution in [0.3, 0.4) is 0 Å². The Morgan fingerprint density at radius 2 is 1.88 bits per heavy atom. The number of hydrogen-bond donors (Lipinski definition) is 1. The summed E-state index contributed by atoms with van der Waals surface area (Å²) in [5.41, 5.74) is 2.52. The number of hydrogen-bond acceptors (Lipinski definition) is 4. The Balaban J connectivity index is 1.82. The van der Waals surface area contributed by atoms with Crippen LogP contribution in [0, 0.1) is 0 Å². The van der Waals surface area contributed by atoms with Gasteiger partial charge in [-0.15, -0.1) is 5.10 Å². The smallest absolute Gasteiger partial charge is 0.151 e. The Kier molecular flexibility index (Phi) is 3.22. The molecule has 1 aromatic rings. The van der Waals surface area contributed by atoms with Gasteiger partial charge < -0.3 is 10.2 Å². The van der Waals surface area contributed by atoms with Gasteiger partial charge in [-0.05, 0) is 37.4 Å². The van der Waals surface area contributed by atoms with E-state index in [0.29, 0.717) is 0 Å². The molecule has 0 spiro atoms.